The molecule has 2 atom stereocenters. The summed E-state index contributed by atoms with van der Waals surface area (Å²) in [5.74, 6) is -0.917. The van der Waals surface area contributed by atoms with Crippen molar-refractivity contribution in [2.45, 2.75) is 45.2 Å². The zero-order valence-electron chi connectivity index (χ0n) is 11.8. The minimum atomic E-state index is -0.917. The number of carbonyl (C=O) groups is 2. The van der Waals surface area contributed by atoms with Gasteiger partial charge in [0.05, 0.1) is 0 Å². The molecule has 1 aliphatic heterocycles. The summed E-state index contributed by atoms with van der Waals surface area (Å²) in [5.41, 5.74) is 0. The Hall–Kier alpha value is -1.56. The van der Waals surface area contributed by atoms with Crippen LogP contribution in [0.5, 0.6) is 0 Å². The van der Waals surface area contributed by atoms with Crippen LogP contribution in [0, 0.1) is 6.92 Å². The fraction of sp³-hybridized carbons (Fsp3) is 0.571. The zero-order chi connectivity index (χ0) is 14.7. The number of carboxylic acids is 1. The summed E-state index contributed by atoms with van der Waals surface area (Å²) in [6, 6.07) is 3.19. The number of aryl methyl sites for hydroxylation is 1. The highest BCUT2D eigenvalue weighted by atomic mass is 32.1. The number of carbonyl (C=O) groups excluding carboxylic acids is 1. The van der Waals surface area contributed by atoms with E-state index in [1.54, 1.807) is 11.3 Å². The molecule has 1 aliphatic rings. The number of carboxylic acid groups (broad SMARTS) is 1. The maximum Gasteiger partial charge on any atom is 0.326 e. The van der Waals surface area contributed by atoms with Gasteiger partial charge in [0.15, 0.2) is 0 Å². The third kappa shape index (κ3) is 3.50. The predicted molar refractivity (Wildman–Crippen MR) is 78.1 cm³/mol. The SMILES string of the molecule is Cc1ccc(CC(C)NC(=O)N2CCC[C@H]2C(=O)O)s1. The fourth-order valence-corrected chi connectivity index (χ4v) is 3.53. The van der Waals surface area contributed by atoms with Gasteiger partial charge in [0.1, 0.15) is 6.04 Å². The third-order valence-corrected chi connectivity index (χ3v) is 4.49. The zero-order valence-corrected chi connectivity index (χ0v) is 12.6. The van der Waals surface area contributed by atoms with E-state index < -0.39 is 12.0 Å². The molecule has 0 aliphatic carbocycles. The lowest BCUT2D eigenvalue weighted by Crippen LogP contribution is -2.48. The predicted octanol–water partition coefficient (Wildman–Crippen LogP) is 2.25. The van der Waals surface area contributed by atoms with Gasteiger partial charge in [0.25, 0.3) is 0 Å². The fourth-order valence-electron chi connectivity index (χ4n) is 2.51. The van der Waals surface area contributed by atoms with Crippen molar-refractivity contribution >= 4 is 23.3 Å². The second kappa shape index (κ2) is 6.26. The van der Waals surface area contributed by atoms with Crippen LogP contribution in [0.25, 0.3) is 0 Å². The molecule has 1 saturated heterocycles. The van der Waals surface area contributed by atoms with Gasteiger partial charge >= 0.3 is 12.0 Å². The van der Waals surface area contributed by atoms with E-state index >= 15 is 0 Å². The second-order valence-corrected chi connectivity index (χ2v) is 6.63. The van der Waals surface area contributed by atoms with Crippen LogP contribution in [0.2, 0.25) is 0 Å². The summed E-state index contributed by atoms with van der Waals surface area (Å²) in [7, 11) is 0. The van der Waals surface area contributed by atoms with Crippen molar-refractivity contribution in [2.24, 2.45) is 0 Å². The van der Waals surface area contributed by atoms with E-state index in [0.29, 0.717) is 13.0 Å². The van der Waals surface area contributed by atoms with Crippen molar-refractivity contribution < 1.29 is 14.7 Å². The van der Waals surface area contributed by atoms with Gasteiger partial charge < -0.3 is 15.3 Å². The minimum absolute atomic E-state index is 0.00408. The summed E-state index contributed by atoms with van der Waals surface area (Å²) in [5, 5.41) is 12.0. The maximum absolute atomic E-state index is 12.1. The Morgan fingerprint density at radius 1 is 1.55 bits per heavy atom. The molecule has 1 aromatic heterocycles. The number of rotatable bonds is 4. The van der Waals surface area contributed by atoms with E-state index in [-0.39, 0.29) is 12.1 Å². The average Bonchev–Trinajstić information content (AvgIpc) is 2.97. The maximum atomic E-state index is 12.1. The molecule has 2 heterocycles. The number of urea groups is 1. The normalized spacial score (nSPS) is 19.9. The molecule has 0 saturated carbocycles. The standard InChI is InChI=1S/C14H20N2O3S/c1-9(8-11-6-5-10(2)20-11)15-14(19)16-7-3-4-12(16)13(17)18/h5-6,9,12H,3-4,7-8H2,1-2H3,(H,15,19)(H,17,18)/t9?,12-/m0/s1. The van der Waals surface area contributed by atoms with E-state index in [9.17, 15) is 9.59 Å². The summed E-state index contributed by atoms with van der Waals surface area (Å²) < 4.78 is 0. The molecule has 1 aromatic rings. The van der Waals surface area contributed by atoms with Crippen molar-refractivity contribution in [1.82, 2.24) is 10.2 Å². The number of likely N-dealkylation sites (tertiary alicyclic amines) is 1. The number of thiophene rings is 1. The molecule has 1 fully saturated rings. The number of amides is 2. The quantitative estimate of drug-likeness (QED) is 0.895. The van der Waals surface area contributed by atoms with Crippen molar-refractivity contribution in [3.05, 3.63) is 21.9 Å². The van der Waals surface area contributed by atoms with Gasteiger partial charge in [-0.05, 0) is 38.8 Å². The molecule has 1 unspecified atom stereocenters. The van der Waals surface area contributed by atoms with Crippen molar-refractivity contribution in [3.8, 4) is 0 Å². The summed E-state index contributed by atoms with van der Waals surface area (Å²) in [6.07, 6.45) is 2.07. The van der Waals surface area contributed by atoms with Crippen LogP contribution in [-0.2, 0) is 11.2 Å². The highest BCUT2D eigenvalue weighted by molar-refractivity contribution is 7.11. The number of hydrogen-bond acceptors (Lipinski definition) is 3. The molecule has 0 aromatic carbocycles. The van der Waals surface area contributed by atoms with Crippen LogP contribution in [0.15, 0.2) is 12.1 Å². The van der Waals surface area contributed by atoms with Gasteiger partial charge in [-0.1, -0.05) is 0 Å². The monoisotopic (exact) mass is 296 g/mol. The lowest BCUT2D eigenvalue weighted by atomic mass is 10.2. The minimum Gasteiger partial charge on any atom is -0.480 e. The average molecular weight is 296 g/mol. The Balaban J connectivity index is 1.89. The van der Waals surface area contributed by atoms with Gasteiger partial charge in [-0.25, -0.2) is 9.59 Å². The van der Waals surface area contributed by atoms with Crippen LogP contribution in [0.3, 0.4) is 0 Å². The van der Waals surface area contributed by atoms with Gasteiger partial charge in [-0.2, -0.15) is 0 Å². The lowest BCUT2D eigenvalue weighted by molar-refractivity contribution is -0.141. The highest BCUT2D eigenvalue weighted by Crippen LogP contribution is 2.19. The van der Waals surface area contributed by atoms with Gasteiger partial charge in [0, 0.05) is 28.8 Å². The highest BCUT2D eigenvalue weighted by Gasteiger charge is 2.34. The number of nitrogens with one attached hydrogen (secondary N) is 1. The first kappa shape index (κ1) is 14.8. The van der Waals surface area contributed by atoms with Crippen LogP contribution in [-0.4, -0.2) is 40.6 Å². The molecular weight excluding hydrogens is 276 g/mol. The van der Waals surface area contributed by atoms with E-state index in [4.69, 9.17) is 5.11 Å². The molecule has 2 amide bonds. The largest absolute Gasteiger partial charge is 0.480 e. The van der Waals surface area contributed by atoms with E-state index in [1.807, 2.05) is 6.92 Å². The molecule has 0 radical (unpaired) electrons. The van der Waals surface area contributed by atoms with Crippen LogP contribution in [0.4, 0.5) is 4.79 Å². The van der Waals surface area contributed by atoms with Crippen molar-refractivity contribution in [1.29, 1.82) is 0 Å². The molecule has 6 heteroatoms. The second-order valence-electron chi connectivity index (χ2n) is 5.26. The molecule has 5 nitrogen and oxygen atoms in total. The first-order chi connectivity index (χ1) is 9.47. The smallest absolute Gasteiger partial charge is 0.326 e. The third-order valence-electron chi connectivity index (χ3n) is 3.47. The number of nitrogens with zero attached hydrogens (tertiary/aromatic N) is 1. The number of aliphatic carboxylic acids is 1. The molecule has 0 bridgehead atoms. The Labute approximate surface area is 122 Å². The first-order valence-corrected chi connectivity index (χ1v) is 7.64. The van der Waals surface area contributed by atoms with Crippen LogP contribution >= 0.6 is 11.3 Å². The molecule has 20 heavy (non-hydrogen) atoms. The topological polar surface area (TPSA) is 69.6 Å². The van der Waals surface area contributed by atoms with Gasteiger partial charge in [-0.3, -0.25) is 0 Å². The Bertz CT molecular complexity index is 500. The summed E-state index contributed by atoms with van der Waals surface area (Å²) in [4.78, 5) is 27.1. The molecule has 2 N–H and O–H groups in total. The van der Waals surface area contributed by atoms with E-state index in [2.05, 4.69) is 24.4 Å². The Morgan fingerprint density at radius 2 is 2.30 bits per heavy atom. The van der Waals surface area contributed by atoms with E-state index in [0.717, 1.165) is 12.8 Å². The van der Waals surface area contributed by atoms with Gasteiger partial charge in [-0.15, -0.1) is 11.3 Å². The number of hydrogen-bond donors (Lipinski definition) is 2. The van der Waals surface area contributed by atoms with E-state index in [1.165, 1.54) is 14.7 Å². The molecule has 2 rings (SSSR count). The van der Waals surface area contributed by atoms with Crippen LogP contribution < -0.4 is 5.32 Å². The van der Waals surface area contributed by atoms with Gasteiger partial charge in [0.2, 0.25) is 0 Å². The van der Waals surface area contributed by atoms with Crippen molar-refractivity contribution in [3.63, 3.8) is 0 Å². The van der Waals surface area contributed by atoms with Crippen molar-refractivity contribution in [2.75, 3.05) is 6.54 Å². The Morgan fingerprint density at radius 3 is 2.90 bits per heavy atom. The first-order valence-electron chi connectivity index (χ1n) is 6.82. The molecular formula is C14H20N2O3S. The summed E-state index contributed by atoms with van der Waals surface area (Å²) >= 11 is 1.72. The molecule has 110 valence electrons. The summed E-state index contributed by atoms with van der Waals surface area (Å²) in [6.45, 7) is 4.52. The lowest BCUT2D eigenvalue weighted by Gasteiger charge is -2.24. The Kier molecular flexibility index (Phi) is 4.65. The van der Waals surface area contributed by atoms with Crippen LogP contribution in [0.1, 0.15) is 29.5 Å². The molecule has 0 spiro atoms.